The molecule has 25 heavy (non-hydrogen) atoms. The maximum atomic E-state index is 12.1. The van der Waals surface area contributed by atoms with Gasteiger partial charge in [-0.05, 0) is 49.5 Å². The van der Waals surface area contributed by atoms with Gasteiger partial charge in [0, 0.05) is 17.6 Å². The second kappa shape index (κ2) is 7.47. The van der Waals surface area contributed by atoms with E-state index in [9.17, 15) is 4.79 Å². The molecular formula is C17H14Cl2N2O3S. The third kappa shape index (κ3) is 3.98. The van der Waals surface area contributed by atoms with Gasteiger partial charge >= 0.3 is 0 Å². The van der Waals surface area contributed by atoms with Crippen molar-refractivity contribution < 1.29 is 13.9 Å². The summed E-state index contributed by atoms with van der Waals surface area (Å²) in [5.74, 6) is 1.46. The summed E-state index contributed by atoms with van der Waals surface area (Å²) in [5, 5.41) is 4.24. The van der Waals surface area contributed by atoms with Crippen LogP contribution in [0.15, 0.2) is 40.4 Å². The molecule has 1 N–H and O–H groups in total. The van der Waals surface area contributed by atoms with Crippen LogP contribution in [0.5, 0.6) is 5.75 Å². The van der Waals surface area contributed by atoms with Crippen molar-refractivity contribution in [3.8, 4) is 5.75 Å². The molecule has 1 aliphatic heterocycles. The van der Waals surface area contributed by atoms with Crippen LogP contribution in [-0.4, -0.2) is 22.5 Å². The molecule has 1 fully saturated rings. The second-order valence-electron chi connectivity index (χ2n) is 5.21. The minimum absolute atomic E-state index is 0.172. The Bertz CT molecular complexity index is 863. The normalized spacial score (nSPS) is 15.8. The van der Waals surface area contributed by atoms with Crippen molar-refractivity contribution in [1.82, 2.24) is 10.2 Å². The van der Waals surface area contributed by atoms with Gasteiger partial charge in [0.1, 0.15) is 29.6 Å². The molecule has 130 valence electrons. The average Bonchev–Trinajstić information content (AvgIpc) is 3.11. The molecule has 0 saturated carbocycles. The highest BCUT2D eigenvalue weighted by Crippen LogP contribution is 2.28. The van der Waals surface area contributed by atoms with Crippen LogP contribution >= 0.6 is 35.4 Å². The fourth-order valence-corrected chi connectivity index (χ4v) is 3.08. The molecular weight excluding hydrogens is 383 g/mol. The van der Waals surface area contributed by atoms with Crippen LogP contribution in [0.1, 0.15) is 18.4 Å². The second-order valence-corrected chi connectivity index (χ2v) is 6.44. The zero-order valence-corrected chi connectivity index (χ0v) is 15.5. The van der Waals surface area contributed by atoms with Crippen LogP contribution in [0, 0.1) is 0 Å². The lowest BCUT2D eigenvalue weighted by atomic mass is 10.3. The first-order valence-corrected chi connectivity index (χ1v) is 8.65. The van der Waals surface area contributed by atoms with Gasteiger partial charge < -0.3 is 14.5 Å². The van der Waals surface area contributed by atoms with Crippen LogP contribution in [0.25, 0.3) is 6.08 Å². The van der Waals surface area contributed by atoms with Crippen molar-refractivity contribution in [3.63, 3.8) is 0 Å². The van der Waals surface area contributed by atoms with E-state index in [1.165, 1.54) is 4.90 Å². The molecule has 2 heterocycles. The molecule has 1 aromatic heterocycles. The van der Waals surface area contributed by atoms with E-state index in [0.29, 0.717) is 44.7 Å². The minimum Gasteiger partial charge on any atom is -0.484 e. The number of thiocarbonyl (C=S) groups is 1. The van der Waals surface area contributed by atoms with Crippen LogP contribution in [0.2, 0.25) is 10.0 Å². The number of carbonyl (C=O) groups is 1. The van der Waals surface area contributed by atoms with Gasteiger partial charge in [-0.15, -0.1) is 0 Å². The van der Waals surface area contributed by atoms with Crippen LogP contribution in [-0.2, 0) is 11.4 Å². The first kappa shape index (κ1) is 17.8. The van der Waals surface area contributed by atoms with Crippen LogP contribution < -0.4 is 10.1 Å². The highest BCUT2D eigenvalue weighted by atomic mass is 35.5. The van der Waals surface area contributed by atoms with Gasteiger partial charge in [0.15, 0.2) is 5.11 Å². The fourth-order valence-electron chi connectivity index (χ4n) is 2.29. The molecule has 1 aliphatic rings. The summed E-state index contributed by atoms with van der Waals surface area (Å²) in [6, 6.07) is 8.52. The lowest BCUT2D eigenvalue weighted by Gasteiger charge is -2.08. The van der Waals surface area contributed by atoms with Crippen molar-refractivity contribution in [2.24, 2.45) is 0 Å². The first-order valence-electron chi connectivity index (χ1n) is 7.49. The van der Waals surface area contributed by atoms with E-state index >= 15 is 0 Å². The van der Waals surface area contributed by atoms with E-state index in [-0.39, 0.29) is 12.5 Å². The summed E-state index contributed by atoms with van der Waals surface area (Å²) >= 11 is 17.0. The molecule has 1 saturated heterocycles. The molecule has 0 aliphatic carbocycles. The number of nitrogens with zero attached hydrogens (tertiary/aromatic N) is 1. The topological polar surface area (TPSA) is 54.7 Å². The highest BCUT2D eigenvalue weighted by Gasteiger charge is 2.29. The lowest BCUT2D eigenvalue weighted by Crippen LogP contribution is -2.30. The number of nitrogens with one attached hydrogen (secondary N) is 1. The highest BCUT2D eigenvalue weighted by molar-refractivity contribution is 7.80. The molecule has 0 radical (unpaired) electrons. The zero-order valence-electron chi connectivity index (χ0n) is 13.2. The number of hydrogen-bond acceptors (Lipinski definition) is 4. The third-order valence-electron chi connectivity index (χ3n) is 3.51. The fraction of sp³-hybridized carbons (Fsp3) is 0.176. The van der Waals surface area contributed by atoms with E-state index < -0.39 is 0 Å². The van der Waals surface area contributed by atoms with E-state index in [1.807, 2.05) is 6.92 Å². The van der Waals surface area contributed by atoms with Crippen LogP contribution in [0.3, 0.4) is 0 Å². The number of amides is 1. The predicted octanol–water partition coefficient (Wildman–Crippen LogP) is 4.24. The van der Waals surface area contributed by atoms with E-state index in [1.54, 1.807) is 36.4 Å². The van der Waals surface area contributed by atoms with Gasteiger partial charge in [-0.1, -0.05) is 23.2 Å². The number of benzene rings is 1. The summed E-state index contributed by atoms with van der Waals surface area (Å²) in [6.45, 7) is 2.57. The van der Waals surface area contributed by atoms with Gasteiger partial charge in [-0.3, -0.25) is 9.69 Å². The number of carbonyl (C=O) groups excluding carboxylic acids is 1. The monoisotopic (exact) mass is 396 g/mol. The largest absolute Gasteiger partial charge is 0.484 e. The van der Waals surface area contributed by atoms with Gasteiger partial charge in [0.2, 0.25) is 0 Å². The van der Waals surface area contributed by atoms with Crippen molar-refractivity contribution in [2.45, 2.75) is 13.5 Å². The van der Waals surface area contributed by atoms with E-state index in [2.05, 4.69) is 5.32 Å². The number of halogens is 2. The zero-order chi connectivity index (χ0) is 18.0. The minimum atomic E-state index is -0.172. The Morgan fingerprint density at radius 2 is 2.12 bits per heavy atom. The number of furan rings is 1. The summed E-state index contributed by atoms with van der Waals surface area (Å²) in [4.78, 5) is 13.6. The van der Waals surface area contributed by atoms with E-state index in [4.69, 9.17) is 44.6 Å². The first-order chi connectivity index (χ1) is 12.0. The SMILES string of the molecule is CCN1C(=O)/C(=C\c2ccc(COc3ccc(Cl)cc3Cl)o2)NC1=S. The van der Waals surface area contributed by atoms with Gasteiger partial charge in [-0.25, -0.2) is 0 Å². The molecule has 0 unspecified atom stereocenters. The molecule has 0 bridgehead atoms. The molecule has 5 nitrogen and oxygen atoms in total. The summed E-state index contributed by atoms with van der Waals surface area (Å²) in [7, 11) is 0. The quantitative estimate of drug-likeness (QED) is 0.604. The number of likely N-dealkylation sites (N-methyl/N-ethyl adjacent to an activating group) is 1. The van der Waals surface area contributed by atoms with Crippen molar-refractivity contribution in [1.29, 1.82) is 0 Å². The molecule has 0 spiro atoms. The number of rotatable bonds is 5. The molecule has 0 atom stereocenters. The molecule has 8 heteroatoms. The number of ether oxygens (including phenoxy) is 1. The van der Waals surface area contributed by atoms with E-state index in [0.717, 1.165) is 0 Å². The van der Waals surface area contributed by atoms with Crippen molar-refractivity contribution in [3.05, 3.63) is 57.6 Å². The summed E-state index contributed by atoms with van der Waals surface area (Å²) < 4.78 is 11.3. The third-order valence-corrected chi connectivity index (χ3v) is 4.36. The molecule has 2 aromatic rings. The maximum absolute atomic E-state index is 12.1. The number of hydrogen-bond donors (Lipinski definition) is 1. The van der Waals surface area contributed by atoms with Crippen molar-refractivity contribution >= 4 is 52.5 Å². The van der Waals surface area contributed by atoms with Crippen molar-refractivity contribution in [2.75, 3.05) is 6.54 Å². The lowest BCUT2D eigenvalue weighted by molar-refractivity contribution is -0.122. The van der Waals surface area contributed by atoms with Gasteiger partial charge in [-0.2, -0.15) is 0 Å². The molecule has 3 rings (SSSR count). The maximum Gasteiger partial charge on any atom is 0.276 e. The Morgan fingerprint density at radius 3 is 2.80 bits per heavy atom. The molecule has 1 amide bonds. The van der Waals surface area contributed by atoms with Gasteiger partial charge in [0.05, 0.1) is 5.02 Å². The van der Waals surface area contributed by atoms with Gasteiger partial charge in [0.25, 0.3) is 5.91 Å². The Kier molecular flexibility index (Phi) is 5.32. The average molecular weight is 397 g/mol. The van der Waals surface area contributed by atoms with Crippen LogP contribution in [0.4, 0.5) is 0 Å². The summed E-state index contributed by atoms with van der Waals surface area (Å²) in [5.41, 5.74) is 0.384. The standard InChI is InChI=1S/C17H14Cl2N2O3S/c1-2-21-16(22)14(20-17(21)25)8-11-4-5-12(24-11)9-23-15-6-3-10(18)7-13(15)19/h3-8H,2,9H2,1H3,(H,20,25)/b14-8+. The molecule has 1 aromatic carbocycles. The smallest absolute Gasteiger partial charge is 0.276 e. The Balaban J connectivity index is 1.68. The predicted molar refractivity (Wildman–Crippen MR) is 101 cm³/mol. The Morgan fingerprint density at radius 1 is 1.32 bits per heavy atom. The Hall–Kier alpha value is -2.02. The Labute approximate surface area is 160 Å². The summed E-state index contributed by atoms with van der Waals surface area (Å²) in [6.07, 6.45) is 1.61.